The molecular formula is C17H27ClN2O. The van der Waals surface area contributed by atoms with Crippen molar-refractivity contribution in [2.75, 3.05) is 6.54 Å². The number of nitrogens with one attached hydrogen (secondary N) is 1. The molecule has 0 radical (unpaired) electrons. The van der Waals surface area contributed by atoms with Crippen LogP contribution < -0.4 is 11.1 Å². The highest BCUT2D eigenvalue weighted by molar-refractivity contribution is 6.30. The maximum atomic E-state index is 12.1. The number of hydrogen-bond acceptors (Lipinski definition) is 2. The summed E-state index contributed by atoms with van der Waals surface area (Å²) < 4.78 is 0. The standard InChI is InChI=1S/C17H27ClN2O/c1-12(2)7-15(11-19)10-17(21)20-13(3)8-14-5-4-6-16(18)9-14/h4-6,9,12-13,15H,7-8,10-11,19H2,1-3H3,(H,20,21)/t13?,15-/m0/s1. The highest BCUT2D eigenvalue weighted by atomic mass is 35.5. The minimum atomic E-state index is 0.0839. The fourth-order valence-electron chi connectivity index (χ4n) is 2.59. The first-order valence-electron chi connectivity index (χ1n) is 7.64. The average Bonchev–Trinajstić information content (AvgIpc) is 2.36. The van der Waals surface area contributed by atoms with Gasteiger partial charge in [0.15, 0.2) is 0 Å². The van der Waals surface area contributed by atoms with Gasteiger partial charge in [0, 0.05) is 17.5 Å². The fourth-order valence-corrected chi connectivity index (χ4v) is 2.81. The molecule has 0 aromatic heterocycles. The van der Waals surface area contributed by atoms with Crippen LogP contribution in [-0.4, -0.2) is 18.5 Å². The van der Waals surface area contributed by atoms with Gasteiger partial charge < -0.3 is 11.1 Å². The Morgan fingerprint density at radius 1 is 1.33 bits per heavy atom. The summed E-state index contributed by atoms with van der Waals surface area (Å²) in [5.74, 6) is 0.916. The third-order valence-corrected chi connectivity index (χ3v) is 3.69. The van der Waals surface area contributed by atoms with Gasteiger partial charge in [-0.3, -0.25) is 4.79 Å². The topological polar surface area (TPSA) is 55.1 Å². The summed E-state index contributed by atoms with van der Waals surface area (Å²) >= 11 is 5.97. The second-order valence-electron chi connectivity index (χ2n) is 6.24. The van der Waals surface area contributed by atoms with Crippen molar-refractivity contribution in [3.05, 3.63) is 34.9 Å². The Balaban J connectivity index is 2.42. The van der Waals surface area contributed by atoms with Gasteiger partial charge in [0.1, 0.15) is 0 Å². The molecule has 4 heteroatoms. The average molecular weight is 311 g/mol. The van der Waals surface area contributed by atoms with Gasteiger partial charge >= 0.3 is 0 Å². The number of carbonyl (C=O) groups excluding carboxylic acids is 1. The Labute approximate surface area is 133 Å². The summed E-state index contributed by atoms with van der Waals surface area (Å²) in [5.41, 5.74) is 6.88. The molecule has 3 N–H and O–H groups in total. The maximum absolute atomic E-state index is 12.1. The Morgan fingerprint density at radius 2 is 2.05 bits per heavy atom. The molecule has 0 spiro atoms. The largest absolute Gasteiger partial charge is 0.353 e. The van der Waals surface area contributed by atoms with Crippen LogP contribution in [0.25, 0.3) is 0 Å². The zero-order valence-corrected chi connectivity index (χ0v) is 14.0. The number of nitrogens with two attached hydrogens (primary N) is 1. The van der Waals surface area contributed by atoms with Crippen LogP contribution in [0.5, 0.6) is 0 Å². The normalized spacial score (nSPS) is 14.0. The third-order valence-electron chi connectivity index (χ3n) is 3.45. The molecule has 118 valence electrons. The van der Waals surface area contributed by atoms with Crippen molar-refractivity contribution in [2.24, 2.45) is 17.6 Å². The first-order chi connectivity index (χ1) is 9.90. The molecule has 3 nitrogen and oxygen atoms in total. The van der Waals surface area contributed by atoms with Gasteiger partial charge in [-0.15, -0.1) is 0 Å². The predicted molar refractivity (Wildman–Crippen MR) is 89.4 cm³/mol. The summed E-state index contributed by atoms with van der Waals surface area (Å²) in [6, 6.07) is 7.83. The Hall–Kier alpha value is -1.06. The van der Waals surface area contributed by atoms with E-state index < -0.39 is 0 Å². The van der Waals surface area contributed by atoms with E-state index in [0.29, 0.717) is 18.9 Å². The minimum Gasteiger partial charge on any atom is -0.353 e. The van der Waals surface area contributed by atoms with Gasteiger partial charge in [-0.05, 0) is 55.8 Å². The van der Waals surface area contributed by atoms with E-state index in [-0.39, 0.29) is 17.9 Å². The molecule has 2 atom stereocenters. The van der Waals surface area contributed by atoms with Gasteiger partial charge in [0.2, 0.25) is 5.91 Å². The molecule has 0 saturated heterocycles. The van der Waals surface area contributed by atoms with E-state index in [0.717, 1.165) is 23.4 Å². The second kappa shape index (κ2) is 9.06. The van der Waals surface area contributed by atoms with E-state index in [2.05, 4.69) is 19.2 Å². The summed E-state index contributed by atoms with van der Waals surface area (Å²) in [6.45, 7) is 6.89. The lowest BCUT2D eigenvalue weighted by atomic mass is 9.94. The van der Waals surface area contributed by atoms with Crippen LogP contribution >= 0.6 is 11.6 Å². The summed E-state index contributed by atoms with van der Waals surface area (Å²) in [7, 11) is 0. The van der Waals surface area contributed by atoms with Crippen LogP contribution in [0.15, 0.2) is 24.3 Å². The molecule has 21 heavy (non-hydrogen) atoms. The molecule has 1 aromatic carbocycles. The van der Waals surface area contributed by atoms with Gasteiger partial charge in [-0.2, -0.15) is 0 Å². The smallest absolute Gasteiger partial charge is 0.220 e. The molecule has 0 aliphatic rings. The highest BCUT2D eigenvalue weighted by Crippen LogP contribution is 2.15. The first kappa shape index (κ1) is 18.0. The van der Waals surface area contributed by atoms with Crippen LogP contribution in [0.3, 0.4) is 0 Å². The van der Waals surface area contributed by atoms with E-state index >= 15 is 0 Å². The van der Waals surface area contributed by atoms with Crippen molar-refractivity contribution in [2.45, 2.75) is 46.1 Å². The maximum Gasteiger partial charge on any atom is 0.220 e. The molecule has 0 aliphatic carbocycles. The predicted octanol–water partition coefficient (Wildman–Crippen LogP) is 3.40. The molecule has 0 heterocycles. The molecule has 1 unspecified atom stereocenters. The van der Waals surface area contributed by atoms with Crippen LogP contribution in [0.4, 0.5) is 0 Å². The Morgan fingerprint density at radius 3 is 2.62 bits per heavy atom. The molecule has 0 bridgehead atoms. The van der Waals surface area contributed by atoms with E-state index in [1.54, 1.807) is 0 Å². The van der Waals surface area contributed by atoms with Gasteiger partial charge in [-0.1, -0.05) is 37.6 Å². The number of halogens is 1. The van der Waals surface area contributed by atoms with Crippen LogP contribution in [0.2, 0.25) is 5.02 Å². The quantitative estimate of drug-likeness (QED) is 0.773. The third kappa shape index (κ3) is 7.49. The highest BCUT2D eigenvalue weighted by Gasteiger charge is 2.15. The number of amides is 1. The minimum absolute atomic E-state index is 0.0839. The molecular weight excluding hydrogens is 284 g/mol. The first-order valence-corrected chi connectivity index (χ1v) is 8.02. The Bertz CT molecular complexity index is 448. The van der Waals surface area contributed by atoms with Crippen molar-refractivity contribution in [3.8, 4) is 0 Å². The van der Waals surface area contributed by atoms with Crippen molar-refractivity contribution >= 4 is 17.5 Å². The molecule has 1 rings (SSSR count). The van der Waals surface area contributed by atoms with E-state index in [1.807, 2.05) is 31.2 Å². The van der Waals surface area contributed by atoms with Crippen LogP contribution in [-0.2, 0) is 11.2 Å². The summed E-state index contributed by atoms with van der Waals surface area (Å²) in [4.78, 5) is 12.1. The zero-order chi connectivity index (χ0) is 15.8. The summed E-state index contributed by atoms with van der Waals surface area (Å²) in [6.07, 6.45) is 2.28. The number of carbonyl (C=O) groups is 1. The van der Waals surface area contributed by atoms with Crippen molar-refractivity contribution in [3.63, 3.8) is 0 Å². The lowest BCUT2D eigenvalue weighted by Crippen LogP contribution is -2.36. The van der Waals surface area contributed by atoms with Crippen molar-refractivity contribution < 1.29 is 4.79 Å². The Kier molecular flexibility index (Phi) is 7.76. The van der Waals surface area contributed by atoms with Crippen molar-refractivity contribution in [1.82, 2.24) is 5.32 Å². The summed E-state index contributed by atoms with van der Waals surface area (Å²) in [5, 5.41) is 3.78. The van der Waals surface area contributed by atoms with E-state index in [1.165, 1.54) is 0 Å². The molecule has 1 aromatic rings. The lowest BCUT2D eigenvalue weighted by molar-refractivity contribution is -0.122. The fraction of sp³-hybridized carbons (Fsp3) is 0.588. The van der Waals surface area contributed by atoms with Crippen molar-refractivity contribution in [1.29, 1.82) is 0 Å². The number of rotatable bonds is 8. The monoisotopic (exact) mass is 310 g/mol. The van der Waals surface area contributed by atoms with Crippen LogP contribution in [0, 0.1) is 11.8 Å². The number of benzene rings is 1. The lowest BCUT2D eigenvalue weighted by Gasteiger charge is -2.19. The molecule has 1 amide bonds. The van der Waals surface area contributed by atoms with Gasteiger partial charge in [0.05, 0.1) is 0 Å². The van der Waals surface area contributed by atoms with Gasteiger partial charge in [0.25, 0.3) is 0 Å². The van der Waals surface area contributed by atoms with Crippen LogP contribution in [0.1, 0.15) is 39.2 Å². The second-order valence-corrected chi connectivity index (χ2v) is 6.67. The molecule has 0 aliphatic heterocycles. The molecule has 0 saturated carbocycles. The van der Waals surface area contributed by atoms with Gasteiger partial charge in [-0.25, -0.2) is 0 Å². The zero-order valence-electron chi connectivity index (χ0n) is 13.2. The van der Waals surface area contributed by atoms with E-state index in [9.17, 15) is 4.79 Å². The SMILES string of the molecule is CC(C)C[C@H](CN)CC(=O)NC(C)Cc1cccc(Cl)c1. The molecule has 0 fully saturated rings. The number of hydrogen-bond donors (Lipinski definition) is 2. The van der Waals surface area contributed by atoms with E-state index in [4.69, 9.17) is 17.3 Å².